The van der Waals surface area contributed by atoms with Crippen molar-refractivity contribution in [2.75, 3.05) is 7.05 Å². The van der Waals surface area contributed by atoms with Gasteiger partial charge in [0.25, 0.3) is 0 Å². The van der Waals surface area contributed by atoms with Crippen molar-refractivity contribution < 1.29 is 9.90 Å². The maximum Gasteiger partial charge on any atom is 0.231 e. The van der Waals surface area contributed by atoms with Crippen molar-refractivity contribution >= 4 is 11.9 Å². The number of phenolic OH excluding ortho intramolecular Hbond substituents is 1. The molecule has 0 radical (unpaired) electrons. The molecule has 1 heterocycles. The Balaban J connectivity index is 2.09. The van der Waals surface area contributed by atoms with Crippen LogP contribution in [-0.2, 0) is 10.3 Å². The quantitative estimate of drug-likeness (QED) is 0.911. The Morgan fingerprint density at radius 1 is 1.21 bits per heavy atom. The molecular formula is C19H21N3O2. The molecule has 0 bridgehead atoms. The van der Waals surface area contributed by atoms with E-state index in [1.807, 2.05) is 43.3 Å². The lowest BCUT2D eigenvalue weighted by molar-refractivity contribution is -0.128. The summed E-state index contributed by atoms with van der Waals surface area (Å²) in [6.45, 7) is 2.01. The predicted molar refractivity (Wildman–Crippen MR) is 94.5 cm³/mol. The van der Waals surface area contributed by atoms with Crippen molar-refractivity contribution in [2.24, 2.45) is 10.7 Å². The van der Waals surface area contributed by atoms with E-state index in [-0.39, 0.29) is 17.6 Å². The molecule has 124 valence electrons. The summed E-state index contributed by atoms with van der Waals surface area (Å²) < 4.78 is 0. The maximum absolute atomic E-state index is 12.3. The fourth-order valence-corrected chi connectivity index (χ4v) is 3.08. The molecule has 0 aromatic heterocycles. The van der Waals surface area contributed by atoms with Crippen LogP contribution in [0.3, 0.4) is 0 Å². The number of hydrogen-bond acceptors (Lipinski definition) is 4. The van der Waals surface area contributed by atoms with E-state index >= 15 is 0 Å². The third kappa shape index (κ3) is 2.73. The number of aliphatic imine (C=N–C) groups is 1. The second-order valence-corrected chi connectivity index (χ2v) is 6.12. The van der Waals surface area contributed by atoms with E-state index in [2.05, 4.69) is 4.99 Å². The Morgan fingerprint density at radius 2 is 1.88 bits per heavy atom. The zero-order chi connectivity index (χ0) is 17.3. The van der Waals surface area contributed by atoms with Gasteiger partial charge in [0.05, 0.1) is 12.0 Å². The Morgan fingerprint density at radius 3 is 2.50 bits per heavy atom. The summed E-state index contributed by atoms with van der Waals surface area (Å²) in [6, 6.07) is 15.0. The molecule has 1 amide bonds. The number of carbonyl (C=O) groups is 1. The number of hydrogen-bond donors (Lipinski definition) is 2. The van der Waals surface area contributed by atoms with Crippen LogP contribution in [-0.4, -0.2) is 28.9 Å². The first-order chi connectivity index (χ1) is 11.4. The summed E-state index contributed by atoms with van der Waals surface area (Å²) >= 11 is 0. The third-order valence-corrected chi connectivity index (χ3v) is 4.65. The van der Waals surface area contributed by atoms with Crippen molar-refractivity contribution in [1.82, 2.24) is 4.90 Å². The first-order valence-corrected chi connectivity index (χ1v) is 7.97. The first-order valence-electron chi connectivity index (χ1n) is 7.97. The number of rotatable bonds is 3. The molecule has 0 spiro atoms. The van der Waals surface area contributed by atoms with Gasteiger partial charge in [-0.1, -0.05) is 37.3 Å². The zero-order valence-electron chi connectivity index (χ0n) is 13.9. The summed E-state index contributed by atoms with van der Waals surface area (Å²) in [7, 11) is 1.64. The fraction of sp³-hybridized carbons (Fsp3) is 0.263. The highest BCUT2D eigenvalue weighted by Crippen LogP contribution is 2.38. The van der Waals surface area contributed by atoms with E-state index in [1.54, 1.807) is 19.2 Å². The highest BCUT2D eigenvalue weighted by molar-refractivity contribution is 5.98. The van der Waals surface area contributed by atoms with Crippen LogP contribution in [0.5, 0.6) is 5.75 Å². The molecule has 3 N–H and O–H groups in total. The van der Waals surface area contributed by atoms with Crippen LogP contribution in [0, 0.1) is 0 Å². The van der Waals surface area contributed by atoms with Gasteiger partial charge >= 0.3 is 0 Å². The molecule has 1 aliphatic rings. The summed E-state index contributed by atoms with van der Waals surface area (Å²) in [4.78, 5) is 18.3. The molecule has 0 aliphatic carbocycles. The normalized spacial score (nSPS) is 20.8. The summed E-state index contributed by atoms with van der Waals surface area (Å²) in [5.74, 6) is 0.433. The van der Waals surface area contributed by atoms with Gasteiger partial charge in [-0.2, -0.15) is 0 Å². The van der Waals surface area contributed by atoms with Crippen LogP contribution in [0.2, 0.25) is 0 Å². The van der Waals surface area contributed by atoms with Gasteiger partial charge in [-0.25, -0.2) is 4.99 Å². The van der Waals surface area contributed by atoms with E-state index in [0.29, 0.717) is 12.8 Å². The Hall–Kier alpha value is -2.82. The van der Waals surface area contributed by atoms with Crippen LogP contribution < -0.4 is 5.73 Å². The molecule has 3 rings (SSSR count). The van der Waals surface area contributed by atoms with E-state index in [4.69, 9.17) is 5.73 Å². The number of nitrogens with zero attached hydrogens (tertiary/aromatic N) is 2. The molecule has 2 aromatic carbocycles. The van der Waals surface area contributed by atoms with Crippen LogP contribution in [0.4, 0.5) is 0 Å². The molecule has 24 heavy (non-hydrogen) atoms. The highest BCUT2D eigenvalue weighted by Gasteiger charge is 2.38. The molecule has 2 aromatic rings. The summed E-state index contributed by atoms with van der Waals surface area (Å²) in [5.41, 5.74) is 8.15. The number of carbonyl (C=O) groups excluding carboxylic acids is 1. The zero-order valence-corrected chi connectivity index (χ0v) is 13.9. The average Bonchev–Trinajstić information content (AvgIpc) is 2.59. The van der Waals surface area contributed by atoms with Crippen molar-refractivity contribution in [3.63, 3.8) is 0 Å². The Bertz CT molecular complexity index is 816. The molecule has 0 fully saturated rings. The number of nitrogens with two attached hydrogens (primary N) is 1. The lowest BCUT2D eigenvalue weighted by Gasteiger charge is -2.36. The van der Waals surface area contributed by atoms with E-state index in [9.17, 15) is 9.90 Å². The maximum atomic E-state index is 12.3. The van der Waals surface area contributed by atoms with Crippen LogP contribution in [0.15, 0.2) is 53.5 Å². The monoisotopic (exact) mass is 323 g/mol. The number of amides is 1. The standard InChI is InChI=1S/C19H21N3O2/c1-3-19(12-17(24)22(2)18(20)21-19)15-8-4-6-13(10-15)14-7-5-9-16(23)11-14/h4-11,23H,3,12H2,1-2H3,(H2,20,21)/t19-/m0/s1. The summed E-state index contributed by atoms with van der Waals surface area (Å²) in [6.07, 6.45) is 0.973. The average molecular weight is 323 g/mol. The van der Waals surface area contributed by atoms with Gasteiger partial charge in [-0.3, -0.25) is 9.69 Å². The lowest BCUT2D eigenvalue weighted by atomic mass is 9.82. The molecule has 1 atom stereocenters. The van der Waals surface area contributed by atoms with Gasteiger partial charge in [0.2, 0.25) is 5.91 Å². The molecule has 0 saturated heterocycles. The third-order valence-electron chi connectivity index (χ3n) is 4.65. The number of aromatic hydroxyl groups is 1. The fourth-order valence-electron chi connectivity index (χ4n) is 3.08. The van der Waals surface area contributed by atoms with E-state index in [1.165, 1.54) is 4.90 Å². The van der Waals surface area contributed by atoms with Gasteiger partial charge in [0, 0.05) is 7.05 Å². The van der Waals surface area contributed by atoms with Gasteiger partial charge < -0.3 is 10.8 Å². The minimum atomic E-state index is -0.638. The smallest absolute Gasteiger partial charge is 0.231 e. The molecule has 5 heteroatoms. The number of phenols is 1. The van der Waals surface area contributed by atoms with Crippen molar-refractivity contribution in [3.05, 3.63) is 54.1 Å². The topological polar surface area (TPSA) is 78.9 Å². The van der Waals surface area contributed by atoms with E-state index in [0.717, 1.165) is 16.7 Å². The summed E-state index contributed by atoms with van der Waals surface area (Å²) in [5, 5.41) is 9.70. The second-order valence-electron chi connectivity index (χ2n) is 6.12. The van der Waals surface area contributed by atoms with Gasteiger partial charge in [-0.15, -0.1) is 0 Å². The highest BCUT2D eigenvalue weighted by atomic mass is 16.3. The van der Waals surface area contributed by atoms with Gasteiger partial charge in [-0.05, 0) is 41.3 Å². The Labute approximate surface area is 141 Å². The van der Waals surface area contributed by atoms with Gasteiger partial charge in [0.15, 0.2) is 5.96 Å². The molecule has 0 unspecified atom stereocenters. The number of guanidine groups is 1. The van der Waals surface area contributed by atoms with Crippen molar-refractivity contribution in [1.29, 1.82) is 0 Å². The molecular weight excluding hydrogens is 302 g/mol. The first kappa shape index (κ1) is 16.1. The molecule has 0 saturated carbocycles. The number of benzene rings is 2. The SMILES string of the molecule is CC[C@@]1(c2cccc(-c3cccc(O)c3)c2)CC(=O)N(C)C(N)=N1. The second kappa shape index (κ2) is 6.00. The minimum Gasteiger partial charge on any atom is -0.508 e. The van der Waals surface area contributed by atoms with E-state index < -0.39 is 5.54 Å². The van der Waals surface area contributed by atoms with Crippen molar-refractivity contribution in [2.45, 2.75) is 25.3 Å². The lowest BCUT2D eigenvalue weighted by Crippen LogP contribution is -2.48. The Kier molecular flexibility index (Phi) is 4.01. The largest absolute Gasteiger partial charge is 0.508 e. The van der Waals surface area contributed by atoms with Gasteiger partial charge in [0.1, 0.15) is 5.75 Å². The van der Waals surface area contributed by atoms with Crippen LogP contribution >= 0.6 is 0 Å². The van der Waals surface area contributed by atoms with Crippen LogP contribution in [0.1, 0.15) is 25.3 Å². The molecule has 1 aliphatic heterocycles. The van der Waals surface area contributed by atoms with Crippen molar-refractivity contribution in [3.8, 4) is 16.9 Å². The minimum absolute atomic E-state index is 0.0351. The predicted octanol–water partition coefficient (Wildman–Crippen LogP) is 2.84. The molecule has 5 nitrogen and oxygen atoms in total. The van der Waals surface area contributed by atoms with Crippen LogP contribution in [0.25, 0.3) is 11.1 Å².